The summed E-state index contributed by atoms with van der Waals surface area (Å²) in [6, 6.07) is 16.2. The van der Waals surface area contributed by atoms with Crippen molar-refractivity contribution in [3.63, 3.8) is 0 Å². The molecule has 0 radical (unpaired) electrons. The van der Waals surface area contributed by atoms with Gasteiger partial charge in [0, 0.05) is 13.2 Å². The largest absolute Gasteiger partial charge is 0.494 e. The third-order valence-corrected chi connectivity index (χ3v) is 6.25. The van der Waals surface area contributed by atoms with Crippen molar-refractivity contribution in [1.82, 2.24) is 0 Å². The van der Waals surface area contributed by atoms with Gasteiger partial charge in [-0.1, -0.05) is 13.8 Å². The second-order valence-corrected chi connectivity index (χ2v) is 8.82. The lowest BCUT2D eigenvalue weighted by Crippen LogP contribution is -2.24. The van der Waals surface area contributed by atoms with Crippen molar-refractivity contribution in [2.24, 2.45) is 0 Å². The number of hydrogen-bond donors (Lipinski definition) is 0. The summed E-state index contributed by atoms with van der Waals surface area (Å²) in [5.41, 5.74) is 0.944. The van der Waals surface area contributed by atoms with E-state index in [1.807, 2.05) is 6.07 Å². The lowest BCUT2D eigenvalue weighted by molar-refractivity contribution is 0.0734. The van der Waals surface area contributed by atoms with Gasteiger partial charge in [-0.2, -0.15) is 5.26 Å². The van der Waals surface area contributed by atoms with Crippen LogP contribution in [0.5, 0.6) is 11.5 Å². The highest BCUT2D eigenvalue weighted by Crippen LogP contribution is 2.17. The van der Waals surface area contributed by atoms with Gasteiger partial charge in [-0.05, 0) is 73.8 Å². The number of benzene rings is 2. The van der Waals surface area contributed by atoms with E-state index < -0.39 is 15.3 Å². The topological polar surface area (TPSA) is 77.8 Å². The first kappa shape index (κ1) is 23.6. The van der Waals surface area contributed by atoms with Gasteiger partial charge in [0.2, 0.25) is 0 Å². The zero-order valence-corrected chi connectivity index (χ0v) is 18.8. The Labute approximate surface area is 180 Å². The van der Waals surface area contributed by atoms with Gasteiger partial charge in [0.15, 0.2) is 0 Å². The van der Waals surface area contributed by atoms with E-state index in [0.717, 1.165) is 38.5 Å². The zero-order chi connectivity index (χ0) is 21.6. The lowest BCUT2D eigenvalue weighted by atomic mass is 10.2. The minimum Gasteiger partial charge on any atom is -0.494 e. The molecule has 2 aromatic rings. The molecule has 2 rings (SSSR count). The van der Waals surface area contributed by atoms with Crippen molar-refractivity contribution in [3.8, 4) is 17.6 Å². The van der Waals surface area contributed by atoms with Crippen LogP contribution < -0.4 is 9.47 Å². The number of ether oxygens (including phenoxy) is 2. The molecule has 0 bridgehead atoms. The molecule has 0 unspecified atom stereocenters. The number of carbonyl (C=O) groups is 1. The Morgan fingerprint density at radius 2 is 1.50 bits per heavy atom. The van der Waals surface area contributed by atoms with E-state index in [9.17, 15) is 4.79 Å². The van der Waals surface area contributed by atoms with Crippen molar-refractivity contribution in [1.29, 1.82) is 5.26 Å². The fraction of sp³-hybridized carbons (Fsp3) is 0.391. The van der Waals surface area contributed by atoms with E-state index in [1.54, 1.807) is 48.5 Å². The van der Waals surface area contributed by atoms with Crippen molar-refractivity contribution in [3.05, 3.63) is 59.7 Å². The van der Waals surface area contributed by atoms with Crippen LogP contribution in [-0.2, 0) is 8.85 Å². The van der Waals surface area contributed by atoms with Gasteiger partial charge in [-0.15, -0.1) is 0 Å². The average molecular weight is 428 g/mol. The van der Waals surface area contributed by atoms with E-state index in [2.05, 4.69) is 13.8 Å². The summed E-state index contributed by atoms with van der Waals surface area (Å²) in [6.07, 6.45) is 2.86. The molecule has 0 fully saturated rings. The summed E-state index contributed by atoms with van der Waals surface area (Å²) in [5.74, 6) is 0.641. The first-order valence-corrected chi connectivity index (χ1v) is 12.1. The Kier molecular flexibility index (Phi) is 10.7. The zero-order valence-electron chi connectivity index (χ0n) is 17.6. The minimum atomic E-state index is -1.62. The van der Waals surface area contributed by atoms with Crippen molar-refractivity contribution >= 4 is 15.3 Å². The molecule has 0 aliphatic carbocycles. The fourth-order valence-corrected chi connectivity index (χ4v) is 4.53. The average Bonchev–Trinajstić information content (AvgIpc) is 2.78. The normalized spacial score (nSPS) is 10.6. The van der Waals surface area contributed by atoms with E-state index >= 15 is 0 Å². The third-order valence-electron chi connectivity index (χ3n) is 4.15. The maximum atomic E-state index is 12.2. The van der Waals surface area contributed by atoms with Crippen molar-refractivity contribution in [2.45, 2.75) is 39.2 Å². The summed E-state index contributed by atoms with van der Waals surface area (Å²) in [7, 11) is -1.62. The maximum Gasteiger partial charge on any atom is 0.343 e. The molecule has 0 saturated heterocycles. The number of nitrogens with zero attached hydrogens (tertiary/aromatic N) is 1. The van der Waals surface area contributed by atoms with Gasteiger partial charge in [0.25, 0.3) is 0 Å². The molecule has 0 aliphatic rings. The van der Waals surface area contributed by atoms with Crippen molar-refractivity contribution in [2.75, 3.05) is 19.8 Å². The van der Waals surface area contributed by atoms with Crippen LogP contribution in [0.3, 0.4) is 0 Å². The second kappa shape index (κ2) is 13.5. The Morgan fingerprint density at radius 3 is 2.07 bits per heavy atom. The van der Waals surface area contributed by atoms with Gasteiger partial charge in [-0.25, -0.2) is 4.79 Å². The van der Waals surface area contributed by atoms with Crippen LogP contribution in [0.1, 0.15) is 49.0 Å². The monoisotopic (exact) mass is 427 g/mol. The molecule has 7 heteroatoms. The summed E-state index contributed by atoms with van der Waals surface area (Å²) >= 11 is 0. The van der Waals surface area contributed by atoms with Crippen LogP contribution >= 0.6 is 0 Å². The van der Waals surface area contributed by atoms with E-state index in [4.69, 9.17) is 23.6 Å². The smallest absolute Gasteiger partial charge is 0.343 e. The minimum absolute atomic E-state index is 0.397. The highest BCUT2D eigenvalue weighted by atomic mass is 28.3. The molecule has 0 amide bonds. The molecule has 0 aliphatic heterocycles. The van der Waals surface area contributed by atoms with E-state index in [-0.39, 0.29) is 0 Å². The Hall–Kier alpha value is -2.66. The second-order valence-electron chi connectivity index (χ2n) is 6.71. The van der Waals surface area contributed by atoms with Crippen LogP contribution in [0, 0.1) is 11.3 Å². The summed E-state index contributed by atoms with van der Waals surface area (Å²) in [4.78, 5) is 12.2. The van der Waals surface area contributed by atoms with Crippen LogP contribution in [0.4, 0.5) is 0 Å². The van der Waals surface area contributed by atoms with E-state index in [1.165, 1.54) is 0 Å². The Balaban J connectivity index is 1.76. The summed E-state index contributed by atoms with van der Waals surface area (Å²) < 4.78 is 22.8. The SMILES string of the molecule is CCCO[SiH](CCCOc1ccc(C(=O)Oc2ccc(C#N)cc2)cc1)OCCC. The van der Waals surface area contributed by atoms with Gasteiger partial charge in [0.05, 0.1) is 23.8 Å². The molecule has 0 aromatic heterocycles. The predicted molar refractivity (Wildman–Crippen MR) is 117 cm³/mol. The quantitative estimate of drug-likeness (QED) is 0.201. The molecular formula is C23H29NO5Si. The summed E-state index contributed by atoms with van der Waals surface area (Å²) in [6.45, 7) is 6.27. The van der Waals surface area contributed by atoms with Crippen LogP contribution in [0.2, 0.25) is 6.04 Å². The van der Waals surface area contributed by atoms with Crippen molar-refractivity contribution < 1.29 is 23.1 Å². The number of esters is 1. The number of carbonyl (C=O) groups excluding carboxylic acids is 1. The van der Waals surface area contributed by atoms with Crippen LogP contribution in [0.15, 0.2) is 48.5 Å². The van der Waals surface area contributed by atoms with E-state index in [0.29, 0.717) is 29.2 Å². The Bertz CT molecular complexity index is 794. The molecule has 2 aromatic carbocycles. The standard InChI is InChI=1S/C23H29NO5Si/c1-3-14-27-30(28-15-4-2)17-5-16-26-21-12-8-20(9-13-21)23(25)29-22-10-6-19(18-24)7-11-22/h6-13,30H,3-5,14-17H2,1-2H3. The highest BCUT2D eigenvalue weighted by molar-refractivity contribution is 6.44. The Morgan fingerprint density at radius 1 is 0.900 bits per heavy atom. The molecule has 0 spiro atoms. The number of hydrogen-bond acceptors (Lipinski definition) is 6. The van der Waals surface area contributed by atoms with Gasteiger partial charge < -0.3 is 18.3 Å². The van der Waals surface area contributed by atoms with Gasteiger partial charge in [0.1, 0.15) is 11.5 Å². The lowest BCUT2D eigenvalue weighted by Gasteiger charge is -2.16. The molecule has 30 heavy (non-hydrogen) atoms. The van der Waals surface area contributed by atoms with Crippen LogP contribution in [0.25, 0.3) is 0 Å². The van der Waals surface area contributed by atoms with Crippen LogP contribution in [-0.4, -0.2) is 35.1 Å². The molecule has 6 nitrogen and oxygen atoms in total. The van der Waals surface area contributed by atoms with Gasteiger partial charge >= 0.3 is 15.3 Å². The predicted octanol–water partition coefficient (Wildman–Crippen LogP) is 4.62. The number of nitriles is 1. The third kappa shape index (κ3) is 8.37. The molecule has 0 atom stereocenters. The molecular weight excluding hydrogens is 398 g/mol. The van der Waals surface area contributed by atoms with Gasteiger partial charge in [-0.3, -0.25) is 0 Å². The molecule has 0 N–H and O–H groups in total. The number of rotatable bonds is 13. The molecule has 0 saturated carbocycles. The molecule has 0 heterocycles. The summed E-state index contributed by atoms with van der Waals surface area (Å²) in [5, 5.41) is 8.81. The fourth-order valence-electron chi connectivity index (χ4n) is 2.60. The molecule has 160 valence electrons. The maximum absolute atomic E-state index is 12.2. The highest BCUT2D eigenvalue weighted by Gasteiger charge is 2.13. The first-order chi connectivity index (χ1) is 14.7. The first-order valence-electron chi connectivity index (χ1n) is 10.3.